The Morgan fingerprint density at radius 2 is 1.93 bits per heavy atom. The molecule has 0 spiro atoms. The van der Waals surface area contributed by atoms with Crippen LogP contribution in [0.15, 0.2) is 0 Å². The standard InChI is InChI=1S/C9H19ClN2O2S/c1-8(2)5-7(9(3,4)12-8)11-15(13,14)6-10/h7,11-12H,5-6H2,1-4H3. The number of hydrogen-bond acceptors (Lipinski definition) is 3. The molecule has 1 aliphatic heterocycles. The Balaban J connectivity index is 2.80. The largest absolute Gasteiger partial charge is 0.305 e. The maximum Gasteiger partial charge on any atom is 0.225 e. The van der Waals surface area contributed by atoms with Gasteiger partial charge in [-0.2, -0.15) is 0 Å². The number of nitrogens with one attached hydrogen (secondary N) is 2. The molecule has 1 unspecified atom stereocenters. The minimum atomic E-state index is -3.35. The van der Waals surface area contributed by atoms with Crippen LogP contribution in [0.1, 0.15) is 34.1 Å². The summed E-state index contributed by atoms with van der Waals surface area (Å²) < 4.78 is 25.4. The smallest absolute Gasteiger partial charge is 0.225 e. The molecule has 6 heteroatoms. The van der Waals surface area contributed by atoms with Gasteiger partial charge < -0.3 is 5.32 Å². The molecule has 15 heavy (non-hydrogen) atoms. The van der Waals surface area contributed by atoms with Crippen LogP contribution in [0.2, 0.25) is 0 Å². The summed E-state index contributed by atoms with van der Waals surface area (Å²) in [7, 11) is -3.35. The van der Waals surface area contributed by atoms with E-state index in [-0.39, 0.29) is 22.3 Å². The zero-order valence-corrected chi connectivity index (χ0v) is 11.2. The fourth-order valence-electron chi connectivity index (χ4n) is 2.21. The van der Waals surface area contributed by atoms with Crippen LogP contribution in [0.25, 0.3) is 0 Å². The first-order chi connectivity index (χ1) is 6.58. The lowest BCUT2D eigenvalue weighted by atomic mass is 9.95. The Morgan fingerprint density at radius 3 is 2.27 bits per heavy atom. The molecule has 0 aromatic carbocycles. The quantitative estimate of drug-likeness (QED) is 0.740. The first-order valence-corrected chi connectivity index (χ1v) is 7.12. The van der Waals surface area contributed by atoms with Crippen molar-refractivity contribution in [3.63, 3.8) is 0 Å². The summed E-state index contributed by atoms with van der Waals surface area (Å²) in [6, 6.07) is -0.115. The lowest BCUT2D eigenvalue weighted by Gasteiger charge is -2.28. The average Bonchev–Trinajstić information content (AvgIpc) is 2.18. The van der Waals surface area contributed by atoms with Crippen LogP contribution < -0.4 is 10.0 Å². The molecule has 0 bridgehead atoms. The van der Waals surface area contributed by atoms with E-state index in [2.05, 4.69) is 23.9 Å². The van der Waals surface area contributed by atoms with Crippen molar-refractivity contribution in [2.75, 3.05) is 5.21 Å². The third-order valence-electron chi connectivity index (χ3n) is 2.71. The van der Waals surface area contributed by atoms with Gasteiger partial charge in [0.2, 0.25) is 10.0 Å². The van der Waals surface area contributed by atoms with Gasteiger partial charge in [0.25, 0.3) is 0 Å². The van der Waals surface area contributed by atoms with Crippen molar-refractivity contribution in [1.29, 1.82) is 0 Å². The van der Waals surface area contributed by atoms with Crippen molar-refractivity contribution in [1.82, 2.24) is 10.0 Å². The van der Waals surface area contributed by atoms with Gasteiger partial charge in [0.1, 0.15) is 5.21 Å². The summed E-state index contributed by atoms with van der Waals surface area (Å²) in [6.45, 7) is 8.10. The highest BCUT2D eigenvalue weighted by atomic mass is 35.5. The molecule has 1 heterocycles. The van der Waals surface area contributed by atoms with E-state index in [9.17, 15) is 8.42 Å². The zero-order chi connectivity index (χ0) is 11.9. The lowest BCUT2D eigenvalue weighted by Crippen LogP contribution is -2.52. The minimum Gasteiger partial charge on any atom is -0.305 e. The predicted molar refractivity (Wildman–Crippen MR) is 62.5 cm³/mol. The maximum atomic E-state index is 11.4. The highest BCUT2D eigenvalue weighted by molar-refractivity contribution is 7.90. The molecule has 1 aliphatic rings. The summed E-state index contributed by atoms with van der Waals surface area (Å²) in [5, 5.41) is 3.01. The van der Waals surface area contributed by atoms with Gasteiger partial charge in [-0.3, -0.25) is 0 Å². The molecule has 2 N–H and O–H groups in total. The first-order valence-electron chi connectivity index (χ1n) is 4.93. The molecule has 1 atom stereocenters. The van der Waals surface area contributed by atoms with Crippen molar-refractivity contribution in [3.05, 3.63) is 0 Å². The van der Waals surface area contributed by atoms with Gasteiger partial charge in [-0.05, 0) is 34.1 Å². The Kier molecular flexibility index (Phi) is 3.42. The molecular weight excluding hydrogens is 236 g/mol. The summed E-state index contributed by atoms with van der Waals surface area (Å²) in [6.07, 6.45) is 0.760. The fourth-order valence-corrected chi connectivity index (χ4v) is 3.28. The second-order valence-corrected chi connectivity index (χ2v) is 7.67. The maximum absolute atomic E-state index is 11.4. The molecule has 4 nitrogen and oxygen atoms in total. The monoisotopic (exact) mass is 254 g/mol. The fraction of sp³-hybridized carbons (Fsp3) is 1.00. The van der Waals surface area contributed by atoms with Crippen molar-refractivity contribution in [2.45, 2.75) is 51.2 Å². The van der Waals surface area contributed by atoms with E-state index in [0.717, 1.165) is 6.42 Å². The highest BCUT2D eigenvalue weighted by Crippen LogP contribution is 2.30. The Bertz CT molecular complexity index is 338. The van der Waals surface area contributed by atoms with E-state index in [0.29, 0.717) is 0 Å². The lowest BCUT2D eigenvalue weighted by molar-refractivity contribution is 0.350. The van der Waals surface area contributed by atoms with Crippen molar-refractivity contribution >= 4 is 21.6 Å². The van der Waals surface area contributed by atoms with E-state index in [1.165, 1.54) is 0 Å². The van der Waals surface area contributed by atoms with Gasteiger partial charge in [0, 0.05) is 17.1 Å². The van der Waals surface area contributed by atoms with Gasteiger partial charge in [0.05, 0.1) is 0 Å². The van der Waals surface area contributed by atoms with Crippen LogP contribution in [-0.2, 0) is 10.0 Å². The van der Waals surface area contributed by atoms with Crippen molar-refractivity contribution < 1.29 is 8.42 Å². The minimum absolute atomic E-state index is 0.0526. The van der Waals surface area contributed by atoms with Gasteiger partial charge in [0.15, 0.2) is 0 Å². The second-order valence-electron chi connectivity index (χ2n) is 5.33. The van der Waals surface area contributed by atoms with Gasteiger partial charge >= 0.3 is 0 Å². The number of rotatable bonds is 3. The second kappa shape index (κ2) is 3.87. The molecule has 90 valence electrons. The molecule has 0 aliphatic carbocycles. The topological polar surface area (TPSA) is 58.2 Å². The molecule has 0 aromatic rings. The van der Waals surface area contributed by atoms with Gasteiger partial charge in [-0.25, -0.2) is 13.1 Å². The SMILES string of the molecule is CC1(C)CC(NS(=O)(=O)CCl)C(C)(C)N1. The van der Waals surface area contributed by atoms with Crippen LogP contribution in [0, 0.1) is 0 Å². The van der Waals surface area contributed by atoms with Crippen LogP contribution in [0.4, 0.5) is 0 Å². The van der Waals surface area contributed by atoms with Gasteiger partial charge in [-0.15, -0.1) is 11.6 Å². The van der Waals surface area contributed by atoms with Crippen LogP contribution in [0.3, 0.4) is 0 Å². The molecular formula is C9H19ClN2O2S. The molecule has 0 saturated carbocycles. The van der Waals surface area contributed by atoms with E-state index < -0.39 is 10.0 Å². The highest BCUT2D eigenvalue weighted by Gasteiger charge is 2.45. The Hall–Kier alpha value is 0.160. The molecule has 1 fully saturated rings. The number of sulfonamides is 1. The van der Waals surface area contributed by atoms with Crippen molar-refractivity contribution in [2.24, 2.45) is 0 Å². The zero-order valence-electron chi connectivity index (χ0n) is 9.59. The summed E-state index contributed by atoms with van der Waals surface area (Å²) in [4.78, 5) is 0. The predicted octanol–water partition coefficient (Wildman–Crippen LogP) is 1.02. The van der Waals surface area contributed by atoms with Gasteiger partial charge in [-0.1, -0.05) is 0 Å². The molecule has 1 rings (SSSR count). The Morgan fingerprint density at radius 1 is 1.40 bits per heavy atom. The number of alkyl halides is 1. The van der Waals surface area contributed by atoms with E-state index in [1.54, 1.807) is 0 Å². The Labute approximate surface area is 96.8 Å². The summed E-state index contributed by atoms with van der Waals surface area (Å²) in [5.74, 6) is 0. The third kappa shape index (κ3) is 3.31. The molecule has 0 radical (unpaired) electrons. The van der Waals surface area contributed by atoms with Crippen LogP contribution >= 0.6 is 11.6 Å². The molecule has 0 amide bonds. The summed E-state index contributed by atoms with van der Waals surface area (Å²) in [5.41, 5.74) is -0.300. The van der Waals surface area contributed by atoms with E-state index >= 15 is 0 Å². The number of hydrogen-bond donors (Lipinski definition) is 2. The van der Waals surface area contributed by atoms with Crippen molar-refractivity contribution in [3.8, 4) is 0 Å². The first kappa shape index (κ1) is 13.2. The third-order valence-corrected chi connectivity index (χ3v) is 4.50. The van der Waals surface area contributed by atoms with E-state index in [4.69, 9.17) is 11.6 Å². The molecule has 0 aromatic heterocycles. The van der Waals surface area contributed by atoms with Crippen LogP contribution in [-0.4, -0.2) is 30.7 Å². The van der Waals surface area contributed by atoms with Crippen LogP contribution in [0.5, 0.6) is 0 Å². The van der Waals surface area contributed by atoms with E-state index in [1.807, 2.05) is 13.8 Å². The number of halogens is 1. The summed E-state index contributed by atoms with van der Waals surface area (Å²) >= 11 is 5.36. The average molecular weight is 255 g/mol. The normalized spacial score (nSPS) is 29.3. The molecule has 1 saturated heterocycles.